The van der Waals surface area contributed by atoms with Crippen molar-refractivity contribution in [1.82, 2.24) is 5.32 Å². The normalized spacial score (nSPS) is 18.3. The predicted molar refractivity (Wildman–Crippen MR) is 74.2 cm³/mol. The van der Waals surface area contributed by atoms with Crippen molar-refractivity contribution in [2.45, 2.75) is 26.2 Å². The van der Waals surface area contributed by atoms with Gasteiger partial charge < -0.3 is 0 Å². The van der Waals surface area contributed by atoms with E-state index in [0.29, 0.717) is 4.91 Å². The van der Waals surface area contributed by atoms with Crippen LogP contribution in [0.5, 0.6) is 0 Å². The van der Waals surface area contributed by atoms with Crippen LogP contribution in [0.1, 0.15) is 31.9 Å². The molecule has 3 nitrogen and oxygen atoms in total. The molecule has 1 heterocycles. The zero-order valence-corrected chi connectivity index (χ0v) is 11.4. The fraction of sp³-hybridized carbons (Fsp3) is 0.286. The third kappa shape index (κ3) is 2.82. The van der Waals surface area contributed by atoms with Gasteiger partial charge in [0.1, 0.15) is 0 Å². The van der Waals surface area contributed by atoms with Crippen LogP contribution in [-0.2, 0) is 10.2 Å². The Bertz CT molecular complexity index is 524. The van der Waals surface area contributed by atoms with Gasteiger partial charge in [-0.25, -0.2) is 0 Å². The molecule has 0 spiro atoms. The zero-order valence-electron chi connectivity index (χ0n) is 10.6. The Morgan fingerprint density at radius 2 is 1.72 bits per heavy atom. The largest absolute Gasteiger partial charge is 0.290 e. The van der Waals surface area contributed by atoms with Crippen LogP contribution >= 0.6 is 11.8 Å². The van der Waals surface area contributed by atoms with Crippen molar-refractivity contribution < 1.29 is 9.59 Å². The lowest BCUT2D eigenvalue weighted by Crippen LogP contribution is -2.17. The Hall–Kier alpha value is -1.55. The zero-order chi connectivity index (χ0) is 13.3. The molecule has 0 aromatic heterocycles. The summed E-state index contributed by atoms with van der Waals surface area (Å²) in [6.45, 7) is 6.46. The number of hydrogen-bond acceptors (Lipinski definition) is 3. The van der Waals surface area contributed by atoms with E-state index >= 15 is 0 Å². The maximum Gasteiger partial charge on any atom is 0.290 e. The number of thioether (sulfide) groups is 1. The highest BCUT2D eigenvalue weighted by Gasteiger charge is 2.24. The summed E-state index contributed by atoms with van der Waals surface area (Å²) in [5.41, 5.74) is 2.28. The Morgan fingerprint density at radius 1 is 1.11 bits per heavy atom. The Balaban J connectivity index is 2.24. The van der Waals surface area contributed by atoms with E-state index in [2.05, 4.69) is 26.1 Å². The molecule has 0 bridgehead atoms. The van der Waals surface area contributed by atoms with Crippen LogP contribution in [-0.4, -0.2) is 11.1 Å². The molecule has 1 aromatic rings. The molecule has 0 radical (unpaired) electrons. The Kier molecular flexibility index (Phi) is 3.30. The molecule has 1 fully saturated rings. The smallest absolute Gasteiger partial charge is 0.282 e. The first-order chi connectivity index (χ1) is 8.36. The molecule has 4 heteroatoms. The first-order valence-corrected chi connectivity index (χ1v) is 6.53. The van der Waals surface area contributed by atoms with Gasteiger partial charge in [0, 0.05) is 0 Å². The second kappa shape index (κ2) is 4.61. The number of hydrogen-bond donors (Lipinski definition) is 1. The molecule has 1 aliphatic heterocycles. The van der Waals surface area contributed by atoms with Crippen LogP contribution in [0.3, 0.4) is 0 Å². The number of benzene rings is 1. The third-order valence-electron chi connectivity index (χ3n) is 2.72. The lowest BCUT2D eigenvalue weighted by Gasteiger charge is -2.18. The lowest BCUT2D eigenvalue weighted by atomic mass is 9.87. The van der Waals surface area contributed by atoms with E-state index in [4.69, 9.17) is 0 Å². The van der Waals surface area contributed by atoms with Crippen LogP contribution in [0.25, 0.3) is 6.08 Å². The van der Waals surface area contributed by atoms with Gasteiger partial charge >= 0.3 is 0 Å². The van der Waals surface area contributed by atoms with Crippen molar-refractivity contribution in [3.05, 3.63) is 40.3 Å². The van der Waals surface area contributed by atoms with E-state index in [0.717, 1.165) is 17.3 Å². The number of carbonyl (C=O) groups is 2. The molecule has 1 N–H and O–H groups in total. The molecule has 0 atom stereocenters. The number of carbonyl (C=O) groups excluding carboxylic acids is 2. The van der Waals surface area contributed by atoms with Gasteiger partial charge in [-0.2, -0.15) is 0 Å². The van der Waals surface area contributed by atoms with Crippen LogP contribution < -0.4 is 5.32 Å². The summed E-state index contributed by atoms with van der Waals surface area (Å²) in [5.74, 6) is -0.315. The second-order valence-corrected chi connectivity index (χ2v) is 6.24. The van der Waals surface area contributed by atoms with E-state index < -0.39 is 0 Å². The summed E-state index contributed by atoms with van der Waals surface area (Å²) in [5, 5.41) is 1.93. The van der Waals surface area contributed by atoms with Gasteiger partial charge in [-0.1, -0.05) is 45.0 Å². The minimum absolute atomic E-state index is 0.112. The van der Waals surface area contributed by atoms with Gasteiger partial charge in [-0.3, -0.25) is 14.9 Å². The Morgan fingerprint density at radius 3 is 2.17 bits per heavy atom. The van der Waals surface area contributed by atoms with Gasteiger partial charge in [0.15, 0.2) is 0 Å². The first-order valence-electron chi connectivity index (χ1n) is 5.72. The molecule has 1 aliphatic rings. The topological polar surface area (TPSA) is 46.2 Å². The van der Waals surface area contributed by atoms with E-state index in [1.165, 1.54) is 5.56 Å². The molecule has 2 rings (SSSR count). The minimum atomic E-state index is -0.315. The van der Waals surface area contributed by atoms with Crippen molar-refractivity contribution >= 4 is 29.0 Å². The number of nitrogens with one attached hydrogen (secondary N) is 1. The molecule has 2 amide bonds. The monoisotopic (exact) mass is 261 g/mol. The summed E-state index contributed by atoms with van der Waals surface area (Å²) in [6.07, 6.45) is 1.73. The number of amides is 2. The van der Waals surface area contributed by atoms with E-state index in [1.807, 2.05) is 24.3 Å². The number of rotatable bonds is 1. The quantitative estimate of drug-likeness (QED) is 0.789. The summed E-state index contributed by atoms with van der Waals surface area (Å²) in [4.78, 5) is 22.9. The fourth-order valence-electron chi connectivity index (χ4n) is 1.65. The van der Waals surface area contributed by atoms with E-state index in [-0.39, 0.29) is 16.6 Å². The summed E-state index contributed by atoms with van der Waals surface area (Å²) >= 11 is 0.940. The number of imide groups is 1. The van der Waals surface area contributed by atoms with E-state index in [1.54, 1.807) is 6.08 Å². The predicted octanol–water partition coefficient (Wildman–Crippen LogP) is 3.31. The van der Waals surface area contributed by atoms with E-state index in [9.17, 15) is 9.59 Å². The van der Waals surface area contributed by atoms with Crippen LogP contribution in [0, 0.1) is 0 Å². The maximum atomic E-state index is 11.4. The molecule has 1 aromatic carbocycles. The first kappa shape index (κ1) is 12.9. The highest BCUT2D eigenvalue weighted by atomic mass is 32.2. The van der Waals surface area contributed by atoms with Gasteiger partial charge in [0.2, 0.25) is 0 Å². The van der Waals surface area contributed by atoms with Gasteiger partial charge in [0.05, 0.1) is 4.91 Å². The summed E-state index contributed by atoms with van der Waals surface area (Å²) in [7, 11) is 0. The molecule has 0 unspecified atom stereocenters. The second-order valence-electron chi connectivity index (χ2n) is 5.22. The molecular weight excluding hydrogens is 246 g/mol. The molecule has 94 valence electrons. The average molecular weight is 261 g/mol. The highest BCUT2D eigenvalue weighted by Crippen LogP contribution is 2.27. The summed E-state index contributed by atoms with van der Waals surface area (Å²) in [6, 6.07) is 8.02. The fourth-order valence-corrected chi connectivity index (χ4v) is 2.33. The van der Waals surface area contributed by atoms with Crippen LogP contribution in [0.4, 0.5) is 4.79 Å². The molecule has 0 saturated carbocycles. The van der Waals surface area contributed by atoms with Gasteiger partial charge in [-0.15, -0.1) is 0 Å². The standard InChI is InChI=1S/C14H15NO2S/c1-14(2,3)10-6-4-9(5-7-10)8-11-12(16)15-13(17)18-11/h4-8H,1-3H3,(H,15,16,17)/b11-8-. The maximum absolute atomic E-state index is 11.4. The van der Waals surface area contributed by atoms with Crippen molar-refractivity contribution in [3.63, 3.8) is 0 Å². The van der Waals surface area contributed by atoms with Crippen LogP contribution in [0.2, 0.25) is 0 Å². The van der Waals surface area contributed by atoms with Crippen molar-refractivity contribution in [2.24, 2.45) is 0 Å². The molecule has 0 aliphatic carbocycles. The molecular formula is C14H15NO2S. The minimum Gasteiger partial charge on any atom is -0.282 e. The molecule has 1 saturated heterocycles. The van der Waals surface area contributed by atoms with Crippen molar-refractivity contribution in [1.29, 1.82) is 0 Å². The SMILES string of the molecule is CC(C)(C)c1ccc(/C=C2\SC(=O)NC2=O)cc1. The van der Waals surface area contributed by atoms with Crippen molar-refractivity contribution in [2.75, 3.05) is 0 Å². The Labute approximate surface area is 111 Å². The average Bonchev–Trinajstić information content (AvgIpc) is 2.57. The highest BCUT2D eigenvalue weighted by molar-refractivity contribution is 8.18. The third-order valence-corrected chi connectivity index (χ3v) is 3.53. The molecule has 18 heavy (non-hydrogen) atoms. The van der Waals surface area contributed by atoms with Crippen molar-refractivity contribution in [3.8, 4) is 0 Å². The van der Waals surface area contributed by atoms with Crippen LogP contribution in [0.15, 0.2) is 29.2 Å². The summed E-state index contributed by atoms with van der Waals surface area (Å²) < 4.78 is 0. The van der Waals surface area contributed by atoms with Gasteiger partial charge in [-0.05, 0) is 34.4 Å². The lowest BCUT2D eigenvalue weighted by molar-refractivity contribution is -0.115. The van der Waals surface area contributed by atoms with Gasteiger partial charge in [0.25, 0.3) is 11.1 Å².